The van der Waals surface area contributed by atoms with Crippen LogP contribution in [0, 0.1) is 11.7 Å². The Morgan fingerprint density at radius 2 is 2.33 bits per heavy atom. The van der Waals surface area contributed by atoms with E-state index in [1.54, 1.807) is 0 Å². The highest BCUT2D eigenvalue weighted by molar-refractivity contribution is 7.89. The molecule has 0 aromatic carbocycles. The molecule has 1 unspecified atom stereocenters. The topological polar surface area (TPSA) is 76.3 Å². The number of hydrogen-bond donors (Lipinski definition) is 1. The fourth-order valence-electron chi connectivity index (χ4n) is 2.12. The number of nitrogens with two attached hydrogens (primary N) is 1. The lowest BCUT2D eigenvalue weighted by molar-refractivity contribution is 0.270. The molecular formula is C11H16FN3O2S. The third-order valence-corrected chi connectivity index (χ3v) is 4.92. The van der Waals surface area contributed by atoms with Gasteiger partial charge >= 0.3 is 0 Å². The summed E-state index contributed by atoms with van der Waals surface area (Å²) in [6.45, 7) is 1.18. The number of pyridine rings is 1. The van der Waals surface area contributed by atoms with Crippen LogP contribution in [-0.4, -0.2) is 37.3 Å². The maximum atomic E-state index is 13.5. The Kier molecular flexibility index (Phi) is 3.94. The Balaban J connectivity index is 2.29. The summed E-state index contributed by atoms with van der Waals surface area (Å²) in [5, 5.41) is -0.498. The smallest absolute Gasteiger partial charge is 0.263 e. The summed E-state index contributed by atoms with van der Waals surface area (Å²) >= 11 is 0. The number of piperidine rings is 1. The van der Waals surface area contributed by atoms with Crippen molar-refractivity contribution in [3.8, 4) is 0 Å². The SMILES string of the molecule is NCC1CCCN(S(=O)(=O)c2ncccc2F)C1. The van der Waals surface area contributed by atoms with E-state index in [0.29, 0.717) is 19.6 Å². The maximum Gasteiger partial charge on any atom is 0.263 e. The van der Waals surface area contributed by atoms with Crippen LogP contribution in [0.3, 0.4) is 0 Å². The second-order valence-corrected chi connectivity index (χ2v) is 6.25. The van der Waals surface area contributed by atoms with Gasteiger partial charge in [0.2, 0.25) is 5.03 Å². The molecule has 2 heterocycles. The number of rotatable bonds is 3. The molecule has 2 N–H and O–H groups in total. The highest BCUT2D eigenvalue weighted by atomic mass is 32.2. The molecule has 7 heteroatoms. The van der Waals surface area contributed by atoms with E-state index in [4.69, 9.17) is 5.73 Å². The normalized spacial score (nSPS) is 22.0. The largest absolute Gasteiger partial charge is 0.330 e. The van der Waals surface area contributed by atoms with Gasteiger partial charge in [0.1, 0.15) is 0 Å². The maximum absolute atomic E-state index is 13.5. The molecular weight excluding hydrogens is 257 g/mol. The van der Waals surface area contributed by atoms with Crippen LogP contribution in [0.15, 0.2) is 23.4 Å². The molecule has 2 rings (SSSR count). The molecule has 0 radical (unpaired) electrons. The van der Waals surface area contributed by atoms with E-state index in [1.807, 2.05) is 0 Å². The minimum atomic E-state index is -3.84. The monoisotopic (exact) mass is 273 g/mol. The molecule has 1 atom stereocenters. The molecule has 0 spiro atoms. The van der Waals surface area contributed by atoms with E-state index >= 15 is 0 Å². The summed E-state index contributed by atoms with van der Waals surface area (Å²) in [5.41, 5.74) is 5.57. The first-order chi connectivity index (χ1) is 8.55. The fraction of sp³-hybridized carbons (Fsp3) is 0.545. The lowest BCUT2D eigenvalue weighted by Gasteiger charge is -2.30. The summed E-state index contributed by atoms with van der Waals surface area (Å²) in [6, 6.07) is 2.47. The second-order valence-electron chi connectivity index (χ2n) is 4.40. The third-order valence-electron chi connectivity index (χ3n) is 3.12. The van der Waals surface area contributed by atoms with Crippen LogP contribution in [0.5, 0.6) is 0 Å². The van der Waals surface area contributed by atoms with Crippen molar-refractivity contribution in [2.24, 2.45) is 11.7 Å². The molecule has 1 aliphatic heterocycles. The van der Waals surface area contributed by atoms with Gasteiger partial charge in [0.05, 0.1) is 0 Å². The van der Waals surface area contributed by atoms with Crippen LogP contribution in [0.2, 0.25) is 0 Å². The van der Waals surface area contributed by atoms with Crippen LogP contribution in [0.1, 0.15) is 12.8 Å². The molecule has 100 valence electrons. The Bertz CT molecular complexity index is 521. The van der Waals surface area contributed by atoms with Gasteiger partial charge in [-0.05, 0) is 37.4 Å². The van der Waals surface area contributed by atoms with E-state index in [1.165, 1.54) is 16.6 Å². The number of hydrogen-bond acceptors (Lipinski definition) is 4. The predicted octanol–water partition coefficient (Wildman–Crippen LogP) is 0.580. The van der Waals surface area contributed by atoms with Crippen molar-refractivity contribution in [2.75, 3.05) is 19.6 Å². The molecule has 1 fully saturated rings. The average molecular weight is 273 g/mol. The van der Waals surface area contributed by atoms with Gasteiger partial charge in [-0.2, -0.15) is 4.31 Å². The zero-order chi connectivity index (χ0) is 13.2. The van der Waals surface area contributed by atoms with Gasteiger partial charge in [-0.25, -0.2) is 17.8 Å². The highest BCUT2D eigenvalue weighted by Gasteiger charge is 2.32. The molecule has 1 aliphatic rings. The molecule has 0 amide bonds. The summed E-state index contributed by atoms with van der Waals surface area (Å²) in [4.78, 5) is 3.64. The summed E-state index contributed by atoms with van der Waals surface area (Å²) in [7, 11) is -3.84. The Morgan fingerprint density at radius 3 is 3.00 bits per heavy atom. The summed E-state index contributed by atoms with van der Waals surface area (Å²) < 4.78 is 39.3. The van der Waals surface area contributed by atoms with E-state index in [2.05, 4.69) is 4.98 Å². The molecule has 0 bridgehead atoms. The minimum absolute atomic E-state index is 0.139. The minimum Gasteiger partial charge on any atom is -0.330 e. The highest BCUT2D eigenvalue weighted by Crippen LogP contribution is 2.23. The van der Waals surface area contributed by atoms with Crippen molar-refractivity contribution < 1.29 is 12.8 Å². The van der Waals surface area contributed by atoms with E-state index < -0.39 is 20.9 Å². The number of nitrogens with zero attached hydrogens (tertiary/aromatic N) is 2. The Labute approximate surface area is 106 Å². The van der Waals surface area contributed by atoms with Crippen molar-refractivity contribution in [2.45, 2.75) is 17.9 Å². The standard InChI is InChI=1S/C11H16FN3O2S/c12-10-4-1-5-14-11(10)18(16,17)15-6-2-3-9(7-13)8-15/h1,4-5,9H,2-3,6-8,13H2. The first-order valence-corrected chi connectivity index (χ1v) is 7.30. The van der Waals surface area contributed by atoms with Crippen LogP contribution in [0.4, 0.5) is 4.39 Å². The van der Waals surface area contributed by atoms with Gasteiger partial charge in [-0.1, -0.05) is 0 Å². The van der Waals surface area contributed by atoms with Gasteiger partial charge in [-0.3, -0.25) is 0 Å². The zero-order valence-electron chi connectivity index (χ0n) is 9.92. The van der Waals surface area contributed by atoms with Gasteiger partial charge in [0.15, 0.2) is 5.82 Å². The van der Waals surface area contributed by atoms with Crippen molar-refractivity contribution >= 4 is 10.0 Å². The zero-order valence-corrected chi connectivity index (χ0v) is 10.7. The van der Waals surface area contributed by atoms with Crippen molar-refractivity contribution in [1.29, 1.82) is 0 Å². The van der Waals surface area contributed by atoms with Gasteiger partial charge in [-0.15, -0.1) is 0 Å². The van der Waals surface area contributed by atoms with Crippen molar-refractivity contribution in [3.63, 3.8) is 0 Å². The molecule has 0 aliphatic carbocycles. The summed E-state index contributed by atoms with van der Waals surface area (Å²) in [6.07, 6.45) is 2.93. The number of aromatic nitrogens is 1. The van der Waals surface area contributed by atoms with Gasteiger partial charge in [0.25, 0.3) is 10.0 Å². The van der Waals surface area contributed by atoms with Gasteiger partial charge < -0.3 is 5.73 Å². The molecule has 1 aromatic heterocycles. The fourth-order valence-corrected chi connectivity index (χ4v) is 3.65. The van der Waals surface area contributed by atoms with E-state index in [9.17, 15) is 12.8 Å². The van der Waals surface area contributed by atoms with Crippen LogP contribution >= 0.6 is 0 Å². The van der Waals surface area contributed by atoms with E-state index in [-0.39, 0.29) is 5.92 Å². The second kappa shape index (κ2) is 5.29. The first-order valence-electron chi connectivity index (χ1n) is 5.86. The molecule has 1 aromatic rings. The first kappa shape index (κ1) is 13.4. The summed E-state index contributed by atoms with van der Waals surface area (Å²) in [5.74, 6) is -0.673. The van der Waals surface area contributed by atoms with Crippen LogP contribution in [0.25, 0.3) is 0 Å². The quantitative estimate of drug-likeness (QED) is 0.874. The number of halogens is 1. The van der Waals surface area contributed by atoms with Crippen LogP contribution < -0.4 is 5.73 Å². The Hall–Kier alpha value is -1.05. The average Bonchev–Trinajstić information content (AvgIpc) is 2.39. The molecule has 18 heavy (non-hydrogen) atoms. The van der Waals surface area contributed by atoms with E-state index in [0.717, 1.165) is 18.9 Å². The molecule has 5 nitrogen and oxygen atoms in total. The Morgan fingerprint density at radius 1 is 1.56 bits per heavy atom. The third kappa shape index (κ3) is 2.52. The van der Waals surface area contributed by atoms with Crippen molar-refractivity contribution in [3.05, 3.63) is 24.1 Å². The molecule has 0 saturated carbocycles. The lowest BCUT2D eigenvalue weighted by atomic mass is 10.0. The van der Waals surface area contributed by atoms with Gasteiger partial charge in [0, 0.05) is 19.3 Å². The molecule has 1 saturated heterocycles. The number of sulfonamides is 1. The van der Waals surface area contributed by atoms with Crippen LogP contribution in [-0.2, 0) is 10.0 Å². The lowest BCUT2D eigenvalue weighted by Crippen LogP contribution is -2.42. The van der Waals surface area contributed by atoms with Crippen molar-refractivity contribution in [1.82, 2.24) is 9.29 Å². The predicted molar refractivity (Wildman–Crippen MR) is 64.7 cm³/mol.